The average molecular weight is 602 g/mol. The summed E-state index contributed by atoms with van der Waals surface area (Å²) in [5, 5.41) is 15.9. The van der Waals surface area contributed by atoms with E-state index in [2.05, 4.69) is 23.3 Å². The van der Waals surface area contributed by atoms with Crippen molar-refractivity contribution < 1.29 is 24.2 Å². The van der Waals surface area contributed by atoms with Crippen LogP contribution in [0.15, 0.2) is 69.9 Å². The predicted molar refractivity (Wildman–Crippen MR) is 173 cm³/mol. The van der Waals surface area contributed by atoms with E-state index in [0.29, 0.717) is 22.2 Å². The number of ether oxygens (including phenoxy) is 2. The van der Waals surface area contributed by atoms with Gasteiger partial charge < -0.3 is 24.5 Å². The Bertz CT molecular complexity index is 1580. The molecule has 1 aliphatic heterocycles. The summed E-state index contributed by atoms with van der Waals surface area (Å²) in [6.45, 7) is 6.68. The highest BCUT2D eigenvalue weighted by Gasteiger charge is 2.33. The van der Waals surface area contributed by atoms with Crippen molar-refractivity contribution in [2.24, 2.45) is 4.99 Å². The number of para-hydroxylation sites is 1. The summed E-state index contributed by atoms with van der Waals surface area (Å²) in [5.41, 5.74) is 3.63. The lowest BCUT2D eigenvalue weighted by Gasteiger charge is -2.23. The normalized spacial score (nSPS) is 17.7. The van der Waals surface area contributed by atoms with E-state index in [1.54, 1.807) is 19.1 Å². The van der Waals surface area contributed by atoms with Crippen LogP contribution in [0.4, 0.5) is 5.69 Å². The molecule has 1 amide bonds. The molecule has 2 aliphatic rings. The zero-order chi connectivity index (χ0) is 30.3. The van der Waals surface area contributed by atoms with E-state index in [0.717, 1.165) is 59.9 Å². The summed E-state index contributed by atoms with van der Waals surface area (Å²) in [6.07, 6.45) is 10.2. The molecule has 5 rings (SSSR count). The number of aliphatic hydroxyl groups excluding tert-OH is 1. The number of benzene rings is 2. The minimum Gasteiger partial charge on any atom is -0.506 e. The Labute approximate surface area is 256 Å². The van der Waals surface area contributed by atoms with Crippen LogP contribution in [0.2, 0.25) is 0 Å². The predicted octanol–water partition coefficient (Wildman–Crippen LogP) is 7.24. The van der Waals surface area contributed by atoms with Crippen LogP contribution in [0.3, 0.4) is 0 Å². The molecule has 3 aromatic rings. The monoisotopic (exact) mass is 601 g/mol. The highest BCUT2D eigenvalue weighted by atomic mass is 32.2. The molecule has 0 saturated heterocycles. The molecule has 0 radical (unpaired) electrons. The van der Waals surface area contributed by atoms with Crippen LogP contribution in [-0.2, 0) is 27.3 Å². The zero-order valence-electron chi connectivity index (χ0n) is 25.0. The number of carbonyl (C=O) groups is 2. The summed E-state index contributed by atoms with van der Waals surface area (Å²) in [5.74, 6) is -0.0713. The van der Waals surface area contributed by atoms with Crippen molar-refractivity contribution >= 4 is 51.3 Å². The van der Waals surface area contributed by atoms with Crippen LogP contribution in [-0.4, -0.2) is 45.8 Å². The third-order valence-electron chi connectivity index (χ3n) is 7.71. The second-order valence-electron chi connectivity index (χ2n) is 10.7. The minimum absolute atomic E-state index is 0.00117. The molecular formula is C34H39N3O5S. The number of aromatic nitrogens is 1. The van der Waals surface area contributed by atoms with E-state index < -0.39 is 5.97 Å². The second kappa shape index (κ2) is 14.0. The molecule has 2 aromatic carbocycles. The molecule has 0 atom stereocenters. The number of nitrogens with one attached hydrogen (secondary N) is 1. The maximum atomic E-state index is 13.1. The van der Waals surface area contributed by atoms with Gasteiger partial charge in [0.15, 0.2) is 0 Å². The molecule has 226 valence electrons. The zero-order valence-corrected chi connectivity index (χ0v) is 25.8. The van der Waals surface area contributed by atoms with Crippen LogP contribution in [0.1, 0.15) is 64.0 Å². The Morgan fingerprint density at radius 3 is 2.53 bits per heavy atom. The molecule has 9 heteroatoms. The molecule has 8 nitrogen and oxygen atoms in total. The number of aliphatic imine (C=N–C) groups is 1. The third-order valence-corrected chi connectivity index (χ3v) is 8.73. The number of nitrogens with zero attached hydrogens (tertiary/aromatic N) is 2. The summed E-state index contributed by atoms with van der Waals surface area (Å²) in [6, 6.07) is 13.6. The van der Waals surface area contributed by atoms with Gasteiger partial charge in [-0.05, 0) is 69.0 Å². The first-order valence-electron chi connectivity index (χ1n) is 15.1. The van der Waals surface area contributed by atoms with E-state index in [-0.39, 0.29) is 36.4 Å². The molecule has 1 fully saturated rings. The molecular weight excluding hydrogens is 562 g/mol. The van der Waals surface area contributed by atoms with Crippen molar-refractivity contribution in [1.29, 1.82) is 0 Å². The molecule has 0 unspecified atom stereocenters. The van der Waals surface area contributed by atoms with Gasteiger partial charge in [0.1, 0.15) is 28.7 Å². The van der Waals surface area contributed by atoms with Crippen LogP contribution >= 0.6 is 11.8 Å². The maximum Gasteiger partial charge on any atom is 0.344 e. The van der Waals surface area contributed by atoms with Crippen molar-refractivity contribution in [2.45, 2.75) is 71.9 Å². The fraction of sp³-hybridized carbons (Fsp3) is 0.382. The van der Waals surface area contributed by atoms with Crippen LogP contribution < -0.4 is 10.1 Å². The van der Waals surface area contributed by atoms with Gasteiger partial charge in [0.05, 0.1) is 29.3 Å². The molecule has 0 bridgehead atoms. The van der Waals surface area contributed by atoms with E-state index >= 15 is 0 Å². The van der Waals surface area contributed by atoms with Gasteiger partial charge in [0.25, 0.3) is 0 Å². The first kappa shape index (κ1) is 30.5. The third kappa shape index (κ3) is 6.99. The number of hydrogen-bond donors (Lipinski definition) is 2. The number of hydrogen-bond acceptors (Lipinski definition) is 7. The Hall–Kier alpha value is -3.98. The van der Waals surface area contributed by atoms with Crippen molar-refractivity contribution in [3.05, 3.63) is 76.0 Å². The Morgan fingerprint density at radius 1 is 1.07 bits per heavy atom. The lowest BCUT2D eigenvalue weighted by Crippen LogP contribution is -2.38. The van der Waals surface area contributed by atoms with Crippen LogP contribution in [0.25, 0.3) is 17.0 Å². The van der Waals surface area contributed by atoms with E-state index in [9.17, 15) is 14.7 Å². The highest BCUT2D eigenvalue weighted by Crippen LogP contribution is 2.41. The highest BCUT2D eigenvalue weighted by molar-refractivity contribution is 8.18. The number of aryl methyl sites for hydroxylation is 1. The lowest BCUT2D eigenvalue weighted by molar-refractivity contribution is -0.138. The summed E-state index contributed by atoms with van der Waals surface area (Å²) >= 11 is 1.22. The summed E-state index contributed by atoms with van der Waals surface area (Å²) < 4.78 is 12.8. The van der Waals surface area contributed by atoms with Crippen LogP contribution in [0.5, 0.6) is 5.75 Å². The van der Waals surface area contributed by atoms with Crippen molar-refractivity contribution in [2.75, 3.05) is 13.2 Å². The summed E-state index contributed by atoms with van der Waals surface area (Å²) in [4.78, 5) is 31.2. The van der Waals surface area contributed by atoms with E-state index in [4.69, 9.17) is 9.47 Å². The number of fused-ring (bicyclic) bond motifs is 1. The number of aliphatic hydroxyl groups is 1. The van der Waals surface area contributed by atoms with E-state index in [1.807, 2.05) is 48.0 Å². The molecule has 1 aromatic heterocycles. The van der Waals surface area contributed by atoms with Crippen molar-refractivity contribution in [1.82, 2.24) is 9.88 Å². The minimum atomic E-state index is -0.629. The molecule has 1 aliphatic carbocycles. The molecule has 2 heterocycles. The van der Waals surface area contributed by atoms with Crippen LogP contribution in [0, 0.1) is 0 Å². The van der Waals surface area contributed by atoms with Gasteiger partial charge in [-0.1, -0.05) is 56.1 Å². The first-order chi connectivity index (χ1) is 20.9. The number of carbonyl (C=O) groups excluding carboxylic acids is 2. The van der Waals surface area contributed by atoms with Crippen molar-refractivity contribution in [3.8, 4) is 5.75 Å². The van der Waals surface area contributed by atoms with Crippen molar-refractivity contribution in [3.63, 3.8) is 0 Å². The first-order valence-corrected chi connectivity index (χ1v) is 16.0. The Balaban J connectivity index is 1.50. The number of esters is 1. The Morgan fingerprint density at radius 2 is 1.84 bits per heavy atom. The molecule has 1 saturated carbocycles. The SMILES string of the molecule is CCOC(=O)C1=C(O)/C(=C/c2cn(CC(=O)NC3CCCCC3)c3c(CC)cccc23)SC1=Nc1ccc(OCC)cc1. The van der Waals surface area contributed by atoms with Gasteiger partial charge >= 0.3 is 5.97 Å². The Kier molecular flexibility index (Phi) is 9.92. The fourth-order valence-electron chi connectivity index (χ4n) is 5.70. The second-order valence-corrected chi connectivity index (χ2v) is 11.7. The van der Waals surface area contributed by atoms with Gasteiger partial charge in [-0.15, -0.1) is 0 Å². The number of thioether (sulfide) groups is 1. The van der Waals surface area contributed by atoms with Gasteiger partial charge in [0.2, 0.25) is 5.91 Å². The molecule has 0 spiro atoms. The van der Waals surface area contributed by atoms with E-state index in [1.165, 1.54) is 18.2 Å². The lowest BCUT2D eigenvalue weighted by atomic mass is 9.95. The van der Waals surface area contributed by atoms with Gasteiger partial charge in [-0.25, -0.2) is 9.79 Å². The topological polar surface area (TPSA) is 102 Å². The smallest absolute Gasteiger partial charge is 0.344 e. The fourth-order valence-corrected chi connectivity index (χ4v) is 6.73. The average Bonchev–Trinajstić information content (AvgIpc) is 3.50. The van der Waals surface area contributed by atoms with Gasteiger partial charge in [-0.3, -0.25) is 4.79 Å². The maximum absolute atomic E-state index is 13.1. The molecule has 2 N–H and O–H groups in total. The quantitative estimate of drug-likeness (QED) is 0.238. The summed E-state index contributed by atoms with van der Waals surface area (Å²) in [7, 11) is 0. The number of rotatable bonds is 10. The van der Waals surface area contributed by atoms with Gasteiger partial charge in [-0.2, -0.15) is 0 Å². The molecule has 43 heavy (non-hydrogen) atoms. The largest absolute Gasteiger partial charge is 0.506 e. The number of amides is 1. The standard InChI is InChI=1S/C34H39N3O5S/c1-4-22-11-10-14-27-23(20-37(31(22)27)21-29(38)35-24-12-8-7-9-13-24)19-28-32(39)30(34(40)42-6-3)33(43-28)36-25-15-17-26(18-16-25)41-5-2/h10-11,14-20,24,39H,4-9,12-13,21H2,1-3H3,(H,35,38)/b28-19-,36-33?. The van der Waals surface area contributed by atoms with Gasteiger partial charge in [0, 0.05) is 23.2 Å².